The highest BCUT2D eigenvalue weighted by atomic mass is 79.9. The summed E-state index contributed by atoms with van der Waals surface area (Å²) in [6, 6.07) is 9.25. The molecule has 0 atom stereocenters. The van der Waals surface area contributed by atoms with Crippen molar-refractivity contribution >= 4 is 27.7 Å². The first-order valence-electron chi connectivity index (χ1n) is 6.30. The number of benzene rings is 1. The van der Waals surface area contributed by atoms with Gasteiger partial charge in [-0.1, -0.05) is 40.0 Å². The summed E-state index contributed by atoms with van der Waals surface area (Å²) < 4.78 is 1.25. The molecule has 0 bridgehead atoms. The molecule has 2 rings (SSSR count). The van der Waals surface area contributed by atoms with Gasteiger partial charge in [-0.15, -0.1) is 18.2 Å². The molecule has 0 radical (unpaired) electrons. The number of hydrogen-bond acceptors (Lipinski definition) is 2. The van der Waals surface area contributed by atoms with E-state index in [-0.39, 0.29) is 0 Å². The summed E-state index contributed by atoms with van der Waals surface area (Å²) in [4.78, 5) is 0. The van der Waals surface area contributed by atoms with Crippen LogP contribution in [0.4, 0.5) is 0 Å². The molecule has 1 saturated carbocycles. The molecule has 0 aromatic heterocycles. The third kappa shape index (κ3) is 3.78. The lowest BCUT2D eigenvalue weighted by Crippen LogP contribution is -2.41. The Morgan fingerprint density at radius 1 is 1.39 bits per heavy atom. The first-order valence-corrected chi connectivity index (χ1v) is 8.25. The number of terminal acetylenes is 1. The van der Waals surface area contributed by atoms with Crippen LogP contribution in [0, 0.1) is 12.3 Å². The Balaban J connectivity index is 1.65. The van der Waals surface area contributed by atoms with Crippen molar-refractivity contribution in [3.05, 3.63) is 34.3 Å². The lowest BCUT2D eigenvalue weighted by atomic mass is 9.76. The molecule has 1 aromatic carbocycles. The Labute approximate surface area is 122 Å². The SMILES string of the molecule is C#CCSCCNC1CC(c2ccccc2Br)C1. The summed E-state index contributed by atoms with van der Waals surface area (Å²) in [5, 5.41) is 3.59. The molecule has 96 valence electrons. The minimum Gasteiger partial charge on any atom is -0.313 e. The summed E-state index contributed by atoms with van der Waals surface area (Å²) in [6.07, 6.45) is 7.71. The zero-order valence-electron chi connectivity index (χ0n) is 10.4. The van der Waals surface area contributed by atoms with Crippen LogP contribution in [0.5, 0.6) is 0 Å². The van der Waals surface area contributed by atoms with E-state index in [0.29, 0.717) is 6.04 Å². The molecular weight excluding hydrogens is 306 g/mol. The van der Waals surface area contributed by atoms with Gasteiger partial charge >= 0.3 is 0 Å². The van der Waals surface area contributed by atoms with Crippen molar-refractivity contribution in [1.29, 1.82) is 0 Å². The molecule has 18 heavy (non-hydrogen) atoms. The summed E-state index contributed by atoms with van der Waals surface area (Å²) in [6.45, 7) is 1.07. The van der Waals surface area contributed by atoms with Gasteiger partial charge in [0.25, 0.3) is 0 Å². The Morgan fingerprint density at radius 2 is 2.17 bits per heavy atom. The summed E-state index contributed by atoms with van der Waals surface area (Å²) in [5.74, 6) is 5.30. The maximum absolute atomic E-state index is 5.21. The lowest BCUT2D eigenvalue weighted by molar-refractivity contribution is 0.296. The van der Waals surface area contributed by atoms with Crippen molar-refractivity contribution in [2.24, 2.45) is 0 Å². The average Bonchev–Trinajstić information content (AvgIpc) is 2.33. The van der Waals surface area contributed by atoms with Gasteiger partial charge in [-0.05, 0) is 30.4 Å². The van der Waals surface area contributed by atoms with Crippen molar-refractivity contribution in [3.63, 3.8) is 0 Å². The van der Waals surface area contributed by atoms with Gasteiger partial charge in [-0.25, -0.2) is 0 Å². The van der Waals surface area contributed by atoms with Gasteiger partial charge in [0, 0.05) is 22.8 Å². The number of halogens is 1. The Bertz CT molecular complexity index is 421. The highest BCUT2D eigenvalue weighted by Gasteiger charge is 2.30. The third-order valence-corrected chi connectivity index (χ3v) is 4.93. The topological polar surface area (TPSA) is 12.0 Å². The van der Waals surface area contributed by atoms with Crippen LogP contribution in [-0.2, 0) is 0 Å². The lowest BCUT2D eigenvalue weighted by Gasteiger charge is -2.37. The standard InChI is InChI=1S/C15H18BrNS/c1-2-8-18-9-7-17-13-10-12(11-13)14-5-3-4-6-15(14)16/h1,3-6,12-13,17H,7-11H2. The predicted octanol–water partition coefficient (Wildman–Crippen LogP) is 3.65. The van der Waals surface area contributed by atoms with Crippen molar-refractivity contribution in [2.75, 3.05) is 18.1 Å². The van der Waals surface area contributed by atoms with Crippen LogP contribution in [0.2, 0.25) is 0 Å². The molecule has 0 aliphatic heterocycles. The highest BCUT2D eigenvalue weighted by Crippen LogP contribution is 2.39. The molecule has 0 heterocycles. The summed E-state index contributed by atoms with van der Waals surface area (Å²) in [5.41, 5.74) is 1.46. The Hall–Kier alpha value is -0.430. The largest absolute Gasteiger partial charge is 0.313 e. The monoisotopic (exact) mass is 323 g/mol. The smallest absolute Gasteiger partial charge is 0.0545 e. The van der Waals surface area contributed by atoms with Gasteiger partial charge in [0.05, 0.1) is 5.75 Å². The van der Waals surface area contributed by atoms with E-state index in [9.17, 15) is 0 Å². The summed E-state index contributed by atoms with van der Waals surface area (Å²) in [7, 11) is 0. The van der Waals surface area contributed by atoms with Gasteiger partial charge < -0.3 is 5.32 Å². The van der Waals surface area contributed by atoms with E-state index in [1.807, 2.05) is 11.8 Å². The van der Waals surface area contributed by atoms with Crippen LogP contribution in [0.25, 0.3) is 0 Å². The highest BCUT2D eigenvalue weighted by molar-refractivity contribution is 9.10. The van der Waals surface area contributed by atoms with Gasteiger partial charge in [-0.2, -0.15) is 0 Å². The summed E-state index contributed by atoms with van der Waals surface area (Å²) >= 11 is 5.45. The number of nitrogens with one attached hydrogen (secondary N) is 1. The fourth-order valence-corrected chi connectivity index (χ4v) is 3.44. The van der Waals surface area contributed by atoms with Crippen LogP contribution < -0.4 is 5.32 Å². The van der Waals surface area contributed by atoms with E-state index in [4.69, 9.17) is 6.42 Å². The van der Waals surface area contributed by atoms with E-state index in [2.05, 4.69) is 51.4 Å². The molecule has 1 fully saturated rings. The van der Waals surface area contributed by atoms with Crippen LogP contribution in [0.1, 0.15) is 24.3 Å². The molecule has 0 spiro atoms. The quantitative estimate of drug-likeness (QED) is 0.633. The maximum atomic E-state index is 5.21. The molecule has 1 N–H and O–H groups in total. The van der Waals surface area contributed by atoms with Crippen molar-refractivity contribution in [2.45, 2.75) is 24.8 Å². The molecular formula is C15H18BrNS. The van der Waals surface area contributed by atoms with Gasteiger partial charge in [0.2, 0.25) is 0 Å². The van der Waals surface area contributed by atoms with Crippen molar-refractivity contribution in [3.8, 4) is 12.3 Å². The molecule has 1 aliphatic carbocycles. The number of rotatable bonds is 6. The van der Waals surface area contributed by atoms with Gasteiger partial charge in [0.1, 0.15) is 0 Å². The molecule has 1 aromatic rings. The Morgan fingerprint density at radius 3 is 2.89 bits per heavy atom. The number of thioether (sulfide) groups is 1. The van der Waals surface area contributed by atoms with Gasteiger partial charge in [-0.3, -0.25) is 0 Å². The van der Waals surface area contributed by atoms with E-state index < -0.39 is 0 Å². The second kappa shape index (κ2) is 7.23. The minimum atomic E-state index is 0.688. The van der Waals surface area contributed by atoms with Gasteiger partial charge in [0.15, 0.2) is 0 Å². The fourth-order valence-electron chi connectivity index (χ4n) is 2.31. The molecule has 1 nitrogen and oxygen atoms in total. The molecule has 3 heteroatoms. The van der Waals surface area contributed by atoms with Crippen LogP contribution >= 0.6 is 27.7 Å². The zero-order valence-corrected chi connectivity index (χ0v) is 12.8. The maximum Gasteiger partial charge on any atom is 0.0545 e. The van der Waals surface area contributed by atoms with Crippen molar-refractivity contribution < 1.29 is 0 Å². The molecule has 0 unspecified atom stereocenters. The molecule has 0 saturated heterocycles. The minimum absolute atomic E-state index is 0.688. The average molecular weight is 324 g/mol. The third-order valence-electron chi connectivity index (χ3n) is 3.35. The fraction of sp³-hybridized carbons (Fsp3) is 0.467. The van der Waals surface area contributed by atoms with E-state index in [0.717, 1.165) is 24.0 Å². The van der Waals surface area contributed by atoms with E-state index >= 15 is 0 Å². The first kappa shape index (κ1) is 14.0. The van der Waals surface area contributed by atoms with Crippen LogP contribution in [0.3, 0.4) is 0 Å². The Kier molecular flexibility index (Phi) is 5.62. The first-order chi connectivity index (χ1) is 8.81. The second-order valence-corrected chi connectivity index (χ2v) is 6.56. The second-order valence-electron chi connectivity index (χ2n) is 4.60. The van der Waals surface area contributed by atoms with Crippen LogP contribution in [-0.4, -0.2) is 24.1 Å². The zero-order chi connectivity index (χ0) is 12.8. The normalized spacial score (nSPS) is 22.2. The molecule has 0 amide bonds. The number of hydrogen-bond donors (Lipinski definition) is 1. The van der Waals surface area contributed by atoms with Crippen LogP contribution in [0.15, 0.2) is 28.7 Å². The predicted molar refractivity (Wildman–Crippen MR) is 84.1 cm³/mol. The van der Waals surface area contributed by atoms with E-state index in [1.54, 1.807) is 0 Å². The van der Waals surface area contributed by atoms with E-state index in [1.165, 1.54) is 22.9 Å². The molecule has 1 aliphatic rings. The van der Waals surface area contributed by atoms with Crippen molar-refractivity contribution in [1.82, 2.24) is 5.32 Å².